The third-order valence-electron chi connectivity index (χ3n) is 6.52. The Hall–Kier alpha value is -5.10. The van der Waals surface area contributed by atoms with Crippen LogP contribution in [0.25, 0.3) is 45.5 Å². The minimum absolute atomic E-state index is 0.729. The van der Waals surface area contributed by atoms with Crippen molar-refractivity contribution in [2.75, 3.05) is 14.2 Å². The maximum atomic E-state index is 5.41. The molecule has 0 spiro atoms. The molecule has 0 aliphatic carbocycles. The van der Waals surface area contributed by atoms with Gasteiger partial charge >= 0.3 is 0 Å². The van der Waals surface area contributed by atoms with Crippen LogP contribution in [0, 0.1) is 0 Å². The summed E-state index contributed by atoms with van der Waals surface area (Å²) in [5.74, 6) is 3.05. The summed E-state index contributed by atoms with van der Waals surface area (Å²) < 4.78 is 15.1. The van der Waals surface area contributed by atoms with E-state index < -0.39 is 0 Å². The van der Waals surface area contributed by atoms with E-state index in [-0.39, 0.29) is 0 Å². The van der Waals surface area contributed by atoms with Gasteiger partial charge in [-0.15, -0.1) is 0 Å². The maximum absolute atomic E-state index is 5.41. The van der Waals surface area contributed by atoms with Crippen LogP contribution in [0.2, 0.25) is 0 Å². The van der Waals surface area contributed by atoms with Crippen molar-refractivity contribution in [3.8, 4) is 57.0 Å². The number of aromatic nitrogens is 4. The van der Waals surface area contributed by atoms with E-state index in [1.807, 2.05) is 97.3 Å². The number of ether oxygens (including phenoxy) is 2. The topological polar surface area (TPSA) is 54.1 Å². The molecule has 0 bridgehead atoms. The highest BCUT2D eigenvalue weighted by atomic mass is 16.5. The van der Waals surface area contributed by atoms with Gasteiger partial charge in [-0.05, 0) is 48.5 Å². The van der Waals surface area contributed by atoms with Gasteiger partial charge in [-0.25, -0.2) is 9.97 Å². The molecule has 0 saturated heterocycles. The van der Waals surface area contributed by atoms with Crippen LogP contribution in [-0.4, -0.2) is 33.3 Å². The van der Waals surface area contributed by atoms with E-state index in [0.29, 0.717) is 0 Å². The molecule has 6 nitrogen and oxygen atoms in total. The second-order valence-corrected chi connectivity index (χ2v) is 8.73. The second kappa shape index (κ2) is 10.1. The quantitative estimate of drug-likeness (QED) is 0.236. The molecule has 6 aromatic rings. The lowest BCUT2D eigenvalue weighted by molar-refractivity contribution is 0.414. The molecule has 2 heterocycles. The third kappa shape index (κ3) is 4.22. The summed E-state index contributed by atoms with van der Waals surface area (Å²) in [5.41, 5.74) is 5.99. The lowest BCUT2D eigenvalue weighted by Gasteiger charge is -2.16. The first kappa shape index (κ1) is 23.3. The number of methoxy groups -OCH3 is 2. The molecule has 0 fully saturated rings. The molecule has 0 unspecified atom stereocenters. The predicted molar refractivity (Wildman–Crippen MR) is 150 cm³/mol. The molecule has 4 aromatic carbocycles. The molecule has 0 aliphatic heterocycles. The van der Waals surface area contributed by atoms with E-state index in [9.17, 15) is 0 Å². The zero-order valence-electron chi connectivity index (χ0n) is 21.2. The summed E-state index contributed by atoms with van der Waals surface area (Å²) in [6.45, 7) is 0. The molecule has 0 saturated carbocycles. The number of rotatable bonds is 7. The number of nitrogens with zero attached hydrogens (tertiary/aromatic N) is 4. The van der Waals surface area contributed by atoms with E-state index >= 15 is 0 Å². The highest BCUT2D eigenvalue weighted by molar-refractivity contribution is 5.72. The second-order valence-electron chi connectivity index (χ2n) is 8.73. The van der Waals surface area contributed by atoms with Crippen LogP contribution in [-0.2, 0) is 0 Å². The van der Waals surface area contributed by atoms with Crippen LogP contribution in [0.1, 0.15) is 0 Å². The van der Waals surface area contributed by atoms with Gasteiger partial charge in [-0.2, -0.15) is 0 Å². The monoisotopic (exact) mass is 498 g/mol. The highest BCUT2D eigenvalue weighted by Gasteiger charge is 2.22. The summed E-state index contributed by atoms with van der Waals surface area (Å²) in [4.78, 5) is 9.86. The highest BCUT2D eigenvalue weighted by Crippen LogP contribution is 2.35. The van der Waals surface area contributed by atoms with Crippen LogP contribution < -0.4 is 9.47 Å². The van der Waals surface area contributed by atoms with Crippen molar-refractivity contribution in [1.82, 2.24) is 19.1 Å². The Morgan fingerprint density at radius 2 is 0.842 bits per heavy atom. The van der Waals surface area contributed by atoms with Crippen molar-refractivity contribution in [2.45, 2.75) is 0 Å². The first-order chi connectivity index (χ1) is 18.8. The Labute approximate surface area is 221 Å². The average Bonchev–Trinajstić information content (AvgIpc) is 3.63. The Morgan fingerprint density at radius 1 is 0.474 bits per heavy atom. The van der Waals surface area contributed by atoms with E-state index in [1.54, 1.807) is 14.2 Å². The molecule has 6 rings (SSSR count). The summed E-state index contributed by atoms with van der Waals surface area (Å²) in [5, 5.41) is 0. The van der Waals surface area contributed by atoms with E-state index in [2.05, 4.69) is 33.4 Å². The standard InChI is InChI=1S/C32H26N4O2/c1-37-27-17-13-25(14-18-27)35-29(23-9-5-3-6-10-23)21-33-31(35)32-34-22-30(24-11-7-4-8-12-24)36(32)26-15-19-28(38-2)20-16-26/h3-22H,1-2H3. The van der Waals surface area contributed by atoms with Crippen molar-refractivity contribution < 1.29 is 9.47 Å². The third-order valence-corrected chi connectivity index (χ3v) is 6.52. The van der Waals surface area contributed by atoms with Gasteiger partial charge in [0.15, 0.2) is 11.6 Å². The van der Waals surface area contributed by atoms with Gasteiger partial charge < -0.3 is 9.47 Å². The fraction of sp³-hybridized carbons (Fsp3) is 0.0625. The van der Waals surface area contributed by atoms with E-state index in [4.69, 9.17) is 19.4 Å². The van der Waals surface area contributed by atoms with Crippen molar-refractivity contribution in [3.05, 3.63) is 122 Å². The van der Waals surface area contributed by atoms with Crippen LogP contribution in [0.15, 0.2) is 122 Å². The molecule has 38 heavy (non-hydrogen) atoms. The minimum Gasteiger partial charge on any atom is -0.497 e. The van der Waals surface area contributed by atoms with Gasteiger partial charge in [0, 0.05) is 22.5 Å². The molecular weight excluding hydrogens is 472 g/mol. The minimum atomic E-state index is 0.729. The van der Waals surface area contributed by atoms with Gasteiger partial charge in [0.1, 0.15) is 11.5 Å². The largest absolute Gasteiger partial charge is 0.497 e. The normalized spacial score (nSPS) is 10.9. The first-order valence-electron chi connectivity index (χ1n) is 12.3. The molecule has 0 radical (unpaired) electrons. The van der Waals surface area contributed by atoms with Crippen LogP contribution >= 0.6 is 0 Å². The van der Waals surface area contributed by atoms with Gasteiger partial charge in [-0.3, -0.25) is 9.13 Å². The van der Waals surface area contributed by atoms with Crippen molar-refractivity contribution >= 4 is 0 Å². The maximum Gasteiger partial charge on any atom is 0.181 e. The fourth-order valence-corrected chi connectivity index (χ4v) is 4.63. The smallest absolute Gasteiger partial charge is 0.181 e. The van der Waals surface area contributed by atoms with Crippen molar-refractivity contribution in [3.63, 3.8) is 0 Å². The van der Waals surface area contributed by atoms with E-state index in [0.717, 1.165) is 57.0 Å². The number of hydrogen-bond acceptors (Lipinski definition) is 4. The van der Waals surface area contributed by atoms with Gasteiger partial charge in [0.25, 0.3) is 0 Å². The first-order valence-corrected chi connectivity index (χ1v) is 12.3. The summed E-state index contributed by atoms with van der Waals surface area (Å²) in [6, 6.07) is 36.5. The molecule has 186 valence electrons. The lowest BCUT2D eigenvalue weighted by atomic mass is 10.1. The zero-order chi connectivity index (χ0) is 25.9. The Kier molecular flexibility index (Phi) is 6.20. The summed E-state index contributed by atoms with van der Waals surface area (Å²) >= 11 is 0. The fourth-order valence-electron chi connectivity index (χ4n) is 4.63. The van der Waals surface area contributed by atoms with Crippen molar-refractivity contribution in [2.24, 2.45) is 0 Å². The van der Waals surface area contributed by atoms with Crippen LogP contribution in [0.4, 0.5) is 0 Å². The van der Waals surface area contributed by atoms with E-state index in [1.165, 1.54) is 0 Å². The van der Waals surface area contributed by atoms with Crippen molar-refractivity contribution in [1.29, 1.82) is 0 Å². The SMILES string of the molecule is COc1ccc(-n2c(-c3ccccc3)cnc2-c2ncc(-c3ccccc3)n2-c2ccc(OC)cc2)cc1. The summed E-state index contributed by atoms with van der Waals surface area (Å²) in [7, 11) is 3.34. The number of hydrogen-bond donors (Lipinski definition) is 0. The van der Waals surface area contributed by atoms with Crippen LogP contribution in [0.5, 0.6) is 11.5 Å². The molecule has 6 heteroatoms. The molecule has 2 aromatic heterocycles. The number of imidazole rings is 2. The lowest BCUT2D eigenvalue weighted by Crippen LogP contribution is -2.06. The average molecular weight is 499 g/mol. The summed E-state index contributed by atoms with van der Waals surface area (Å²) in [6.07, 6.45) is 3.81. The molecule has 0 amide bonds. The molecule has 0 atom stereocenters. The van der Waals surface area contributed by atoms with Gasteiger partial charge in [-0.1, -0.05) is 60.7 Å². The Morgan fingerprint density at radius 3 is 1.18 bits per heavy atom. The predicted octanol–water partition coefficient (Wildman–Crippen LogP) is 7.08. The molecule has 0 N–H and O–H groups in total. The molecular formula is C32H26N4O2. The van der Waals surface area contributed by atoms with Crippen LogP contribution in [0.3, 0.4) is 0 Å². The number of benzene rings is 4. The Bertz CT molecular complexity index is 1530. The van der Waals surface area contributed by atoms with Gasteiger partial charge in [0.05, 0.1) is 38.0 Å². The molecule has 0 aliphatic rings. The van der Waals surface area contributed by atoms with Gasteiger partial charge in [0.2, 0.25) is 0 Å². The Balaban J connectivity index is 1.61. The zero-order valence-corrected chi connectivity index (χ0v) is 21.2.